The lowest BCUT2D eigenvalue weighted by atomic mass is 9.90. The first-order valence-electron chi connectivity index (χ1n) is 19.2. The van der Waals surface area contributed by atoms with Crippen molar-refractivity contribution >= 4 is 71.3 Å². The van der Waals surface area contributed by atoms with E-state index in [1.54, 1.807) is 0 Å². The number of benzene rings is 10. The molecule has 10 aromatic carbocycles. The van der Waals surface area contributed by atoms with Crippen LogP contribution in [0, 0.1) is 0 Å². The topological polar surface area (TPSA) is 16.4 Å². The summed E-state index contributed by atoms with van der Waals surface area (Å²) in [6.45, 7) is 0. The molecule has 0 radical (unpaired) electrons. The number of furan rings is 1. The van der Waals surface area contributed by atoms with Crippen LogP contribution in [-0.4, -0.2) is 0 Å². The highest BCUT2D eigenvalue weighted by Crippen LogP contribution is 2.44. The Kier molecular flexibility index (Phi) is 7.53. The minimum Gasteiger partial charge on any atom is -0.456 e. The first-order chi connectivity index (χ1) is 27.8. The van der Waals surface area contributed by atoms with Gasteiger partial charge >= 0.3 is 0 Å². The molecule has 2 heteroatoms. The summed E-state index contributed by atoms with van der Waals surface area (Å²) in [5.74, 6) is 0. The quantitative estimate of drug-likeness (QED) is 0.160. The van der Waals surface area contributed by atoms with Gasteiger partial charge in [-0.3, -0.25) is 0 Å². The SMILES string of the molecule is c1ccc(-c2cccc(N(c3ccc(-c4ccc5c6ccccc6c6c(ccc7oc8ccccc8c76)c5c4)cc3)c3cccc(-c4ccccc4)c3)c2)cc1. The lowest BCUT2D eigenvalue weighted by Crippen LogP contribution is -2.10. The zero-order chi connectivity index (χ0) is 37.0. The molecule has 0 aliphatic carbocycles. The predicted molar refractivity (Wildman–Crippen MR) is 237 cm³/mol. The summed E-state index contributed by atoms with van der Waals surface area (Å²) in [5, 5.41) is 9.80. The third kappa shape index (κ3) is 5.34. The molecule has 0 unspecified atom stereocenters. The van der Waals surface area contributed by atoms with E-state index in [2.05, 4.69) is 211 Å². The number of fused-ring (bicyclic) bond motifs is 10. The molecule has 0 spiro atoms. The molecule has 2 nitrogen and oxygen atoms in total. The number of para-hydroxylation sites is 1. The van der Waals surface area contributed by atoms with Gasteiger partial charge in [-0.2, -0.15) is 0 Å². The minimum atomic E-state index is 0.917. The van der Waals surface area contributed by atoms with Gasteiger partial charge in [-0.15, -0.1) is 0 Å². The molecule has 0 aliphatic heterocycles. The molecule has 0 N–H and O–H groups in total. The van der Waals surface area contributed by atoms with Crippen molar-refractivity contribution in [2.24, 2.45) is 0 Å². The standard InChI is InChI=1S/C54H35NO/c1-3-13-36(14-4-1)39-17-11-19-43(33-39)55(44-20-12-18-40(34-44)37-15-5-2-6-16-37)42-28-25-38(26-29-42)41-27-30-46-45-21-7-8-22-47(45)53-48(50(46)35-41)31-32-52-54(53)49-23-9-10-24-51(49)56-52/h1-35H. The predicted octanol–water partition coefficient (Wildman–Crippen LogP) is 15.5. The van der Waals surface area contributed by atoms with E-state index in [9.17, 15) is 0 Å². The van der Waals surface area contributed by atoms with Crippen molar-refractivity contribution in [3.63, 3.8) is 0 Å². The van der Waals surface area contributed by atoms with E-state index in [0.717, 1.165) is 33.6 Å². The molecule has 0 saturated carbocycles. The average molecular weight is 714 g/mol. The van der Waals surface area contributed by atoms with Gasteiger partial charge in [0.05, 0.1) is 0 Å². The lowest BCUT2D eigenvalue weighted by Gasteiger charge is -2.27. The van der Waals surface area contributed by atoms with Gasteiger partial charge in [0, 0.05) is 33.2 Å². The summed E-state index contributed by atoms with van der Waals surface area (Å²) < 4.78 is 6.36. The maximum atomic E-state index is 6.36. The molecule has 1 heterocycles. The van der Waals surface area contributed by atoms with E-state index < -0.39 is 0 Å². The molecule has 0 atom stereocenters. The average Bonchev–Trinajstić information content (AvgIpc) is 3.66. The fourth-order valence-corrected chi connectivity index (χ4v) is 8.60. The Morgan fingerprint density at radius 1 is 0.250 bits per heavy atom. The largest absolute Gasteiger partial charge is 0.456 e. The van der Waals surface area contributed by atoms with Gasteiger partial charge in [0.15, 0.2) is 0 Å². The molecular formula is C54H35NO. The van der Waals surface area contributed by atoms with Crippen LogP contribution in [0.1, 0.15) is 0 Å². The third-order valence-electron chi connectivity index (χ3n) is 11.2. The molecule has 262 valence electrons. The third-order valence-corrected chi connectivity index (χ3v) is 11.2. The summed E-state index contributed by atoms with van der Waals surface area (Å²) in [7, 11) is 0. The molecule has 0 saturated heterocycles. The maximum absolute atomic E-state index is 6.36. The number of rotatable bonds is 6. The van der Waals surface area contributed by atoms with E-state index in [0.29, 0.717) is 0 Å². The molecule has 0 aliphatic rings. The fourth-order valence-electron chi connectivity index (χ4n) is 8.60. The molecular weight excluding hydrogens is 679 g/mol. The molecule has 0 fully saturated rings. The van der Waals surface area contributed by atoms with Crippen LogP contribution < -0.4 is 4.90 Å². The molecule has 0 bridgehead atoms. The first kappa shape index (κ1) is 32.0. The second-order valence-corrected chi connectivity index (χ2v) is 14.5. The van der Waals surface area contributed by atoms with Crippen molar-refractivity contribution in [3.8, 4) is 33.4 Å². The summed E-state index contributed by atoms with van der Waals surface area (Å²) in [4.78, 5) is 2.36. The van der Waals surface area contributed by atoms with Gasteiger partial charge in [-0.25, -0.2) is 0 Å². The van der Waals surface area contributed by atoms with Crippen molar-refractivity contribution in [3.05, 3.63) is 212 Å². The maximum Gasteiger partial charge on any atom is 0.136 e. The highest BCUT2D eigenvalue weighted by atomic mass is 16.3. The lowest BCUT2D eigenvalue weighted by molar-refractivity contribution is 0.669. The van der Waals surface area contributed by atoms with Gasteiger partial charge in [0.2, 0.25) is 0 Å². The summed E-state index contributed by atoms with van der Waals surface area (Å²) >= 11 is 0. The Morgan fingerprint density at radius 3 is 1.41 bits per heavy atom. The van der Waals surface area contributed by atoms with Gasteiger partial charge in [0.1, 0.15) is 11.2 Å². The second-order valence-electron chi connectivity index (χ2n) is 14.5. The normalized spacial score (nSPS) is 11.6. The molecule has 0 amide bonds. The Hall–Kier alpha value is -7.42. The van der Waals surface area contributed by atoms with Crippen molar-refractivity contribution in [1.82, 2.24) is 0 Å². The van der Waals surface area contributed by atoms with Crippen LogP contribution in [0.15, 0.2) is 217 Å². The fraction of sp³-hybridized carbons (Fsp3) is 0. The Balaban J connectivity index is 1.06. The number of hydrogen-bond acceptors (Lipinski definition) is 2. The van der Waals surface area contributed by atoms with Crippen molar-refractivity contribution in [2.45, 2.75) is 0 Å². The number of hydrogen-bond donors (Lipinski definition) is 0. The molecule has 56 heavy (non-hydrogen) atoms. The van der Waals surface area contributed by atoms with Gasteiger partial charge in [0.25, 0.3) is 0 Å². The molecule has 1 aromatic heterocycles. The highest BCUT2D eigenvalue weighted by molar-refractivity contribution is 6.34. The zero-order valence-corrected chi connectivity index (χ0v) is 30.6. The van der Waals surface area contributed by atoms with Crippen LogP contribution in [0.3, 0.4) is 0 Å². The summed E-state index contributed by atoms with van der Waals surface area (Å²) in [6.07, 6.45) is 0. The Morgan fingerprint density at radius 2 is 0.732 bits per heavy atom. The summed E-state index contributed by atoms with van der Waals surface area (Å²) in [6, 6.07) is 76.4. The van der Waals surface area contributed by atoms with Crippen LogP contribution in [0.2, 0.25) is 0 Å². The monoisotopic (exact) mass is 713 g/mol. The van der Waals surface area contributed by atoms with Crippen molar-refractivity contribution in [2.75, 3.05) is 4.90 Å². The van der Waals surface area contributed by atoms with E-state index >= 15 is 0 Å². The summed E-state index contributed by atoms with van der Waals surface area (Å²) in [5.41, 5.74) is 12.2. The van der Waals surface area contributed by atoms with Crippen LogP contribution in [0.25, 0.3) is 87.6 Å². The van der Waals surface area contributed by atoms with Crippen molar-refractivity contribution in [1.29, 1.82) is 0 Å². The van der Waals surface area contributed by atoms with E-state index in [1.165, 1.54) is 71.1 Å². The van der Waals surface area contributed by atoms with Crippen LogP contribution in [0.4, 0.5) is 17.1 Å². The Bertz CT molecular complexity index is 3150. The second kappa shape index (κ2) is 13.2. The minimum absolute atomic E-state index is 0.917. The van der Waals surface area contributed by atoms with Crippen LogP contribution >= 0.6 is 0 Å². The van der Waals surface area contributed by atoms with E-state index in [-0.39, 0.29) is 0 Å². The molecule has 11 rings (SSSR count). The molecule has 11 aromatic rings. The van der Waals surface area contributed by atoms with Gasteiger partial charge in [-0.05, 0) is 121 Å². The van der Waals surface area contributed by atoms with Gasteiger partial charge < -0.3 is 9.32 Å². The number of nitrogens with zero attached hydrogens (tertiary/aromatic N) is 1. The van der Waals surface area contributed by atoms with Gasteiger partial charge in [-0.1, -0.05) is 152 Å². The van der Waals surface area contributed by atoms with Crippen LogP contribution in [-0.2, 0) is 0 Å². The van der Waals surface area contributed by atoms with E-state index in [4.69, 9.17) is 4.42 Å². The first-order valence-corrected chi connectivity index (χ1v) is 19.2. The van der Waals surface area contributed by atoms with E-state index in [1.807, 2.05) is 6.07 Å². The van der Waals surface area contributed by atoms with Crippen LogP contribution in [0.5, 0.6) is 0 Å². The number of anilines is 3. The Labute approximate surface area is 325 Å². The van der Waals surface area contributed by atoms with Crippen molar-refractivity contribution < 1.29 is 4.42 Å². The smallest absolute Gasteiger partial charge is 0.136 e. The zero-order valence-electron chi connectivity index (χ0n) is 30.6. The highest BCUT2D eigenvalue weighted by Gasteiger charge is 2.18.